The molecule has 1 aliphatic heterocycles. The van der Waals surface area contributed by atoms with Gasteiger partial charge in [-0.3, -0.25) is 9.78 Å². The van der Waals surface area contributed by atoms with Gasteiger partial charge in [-0.2, -0.15) is 0 Å². The lowest BCUT2D eigenvalue weighted by atomic mass is 9.93. The van der Waals surface area contributed by atoms with Crippen molar-refractivity contribution in [3.63, 3.8) is 0 Å². The van der Waals surface area contributed by atoms with Gasteiger partial charge in [0, 0.05) is 30.3 Å². The molecule has 2 aromatic heterocycles. The van der Waals surface area contributed by atoms with Crippen LogP contribution in [0.4, 0.5) is 4.39 Å². The average molecular weight is 381 g/mol. The van der Waals surface area contributed by atoms with Crippen LogP contribution in [0.15, 0.2) is 48.0 Å². The van der Waals surface area contributed by atoms with Gasteiger partial charge in [-0.05, 0) is 44.0 Å². The maximum Gasteiger partial charge on any atom is 0.265 e. The molecule has 1 atom stereocenters. The zero-order chi connectivity index (χ0) is 18.8. The third-order valence-corrected chi connectivity index (χ3v) is 5.90. The highest BCUT2D eigenvalue weighted by atomic mass is 32.1. The highest BCUT2D eigenvalue weighted by Gasteiger charge is 2.28. The molecule has 138 valence electrons. The van der Waals surface area contributed by atoms with Crippen LogP contribution in [0.5, 0.6) is 0 Å². The predicted molar refractivity (Wildman–Crippen MR) is 104 cm³/mol. The van der Waals surface area contributed by atoms with Gasteiger partial charge in [-0.25, -0.2) is 9.37 Å². The Balaban J connectivity index is 1.57. The summed E-state index contributed by atoms with van der Waals surface area (Å²) in [5.74, 6) is -0.0733. The van der Waals surface area contributed by atoms with Crippen molar-refractivity contribution in [2.75, 3.05) is 13.1 Å². The van der Waals surface area contributed by atoms with E-state index in [-0.39, 0.29) is 17.6 Å². The Labute approximate surface area is 161 Å². The van der Waals surface area contributed by atoms with Crippen molar-refractivity contribution in [3.8, 4) is 11.3 Å². The number of hydrogen-bond donors (Lipinski definition) is 0. The number of pyridine rings is 1. The van der Waals surface area contributed by atoms with Gasteiger partial charge < -0.3 is 4.90 Å². The summed E-state index contributed by atoms with van der Waals surface area (Å²) in [5.41, 5.74) is 4.54. The molecule has 1 aliphatic rings. The van der Waals surface area contributed by atoms with Crippen molar-refractivity contribution >= 4 is 17.2 Å². The number of thiazole rings is 1. The second kappa shape index (κ2) is 7.56. The fourth-order valence-electron chi connectivity index (χ4n) is 3.55. The fourth-order valence-corrected chi connectivity index (χ4v) is 4.32. The highest BCUT2D eigenvalue weighted by molar-refractivity contribution is 7.11. The normalized spacial score (nSPS) is 17.1. The molecule has 0 saturated carbocycles. The van der Waals surface area contributed by atoms with Crippen LogP contribution < -0.4 is 0 Å². The van der Waals surface area contributed by atoms with Crippen molar-refractivity contribution in [1.82, 2.24) is 14.9 Å². The van der Waals surface area contributed by atoms with E-state index in [1.54, 1.807) is 17.6 Å². The first-order chi connectivity index (χ1) is 13.1. The summed E-state index contributed by atoms with van der Waals surface area (Å²) in [7, 11) is 0. The molecule has 4 nitrogen and oxygen atoms in total. The predicted octanol–water partition coefficient (Wildman–Crippen LogP) is 4.67. The lowest BCUT2D eigenvalue weighted by molar-refractivity contribution is 0.0710. The van der Waals surface area contributed by atoms with Crippen molar-refractivity contribution in [2.24, 2.45) is 0 Å². The number of likely N-dealkylation sites (tertiary alicyclic amines) is 1. The molecule has 0 bridgehead atoms. The van der Waals surface area contributed by atoms with Crippen LogP contribution in [0, 0.1) is 12.7 Å². The molecule has 4 rings (SSSR count). The second-order valence-corrected chi connectivity index (χ2v) is 7.64. The Bertz CT molecular complexity index is 971. The molecule has 0 radical (unpaired) electrons. The number of piperidine rings is 1. The smallest absolute Gasteiger partial charge is 0.265 e. The minimum absolute atomic E-state index is 0.0463. The largest absolute Gasteiger partial charge is 0.337 e. The SMILES string of the molecule is Cc1ncsc1C(=O)N1CCC[C@@H](c2cccc(-c3ccccc3F)n2)C1. The Morgan fingerprint density at radius 1 is 1.22 bits per heavy atom. The number of aromatic nitrogens is 2. The van der Waals surface area contributed by atoms with Crippen LogP contribution in [0.25, 0.3) is 11.3 Å². The van der Waals surface area contributed by atoms with Gasteiger partial charge in [0.2, 0.25) is 0 Å². The summed E-state index contributed by atoms with van der Waals surface area (Å²) in [6.07, 6.45) is 1.90. The number of carbonyl (C=O) groups excluding carboxylic acids is 1. The van der Waals surface area contributed by atoms with Gasteiger partial charge in [0.1, 0.15) is 10.7 Å². The molecule has 1 saturated heterocycles. The quantitative estimate of drug-likeness (QED) is 0.662. The molecule has 1 fully saturated rings. The molecule has 0 N–H and O–H groups in total. The van der Waals surface area contributed by atoms with E-state index in [4.69, 9.17) is 4.98 Å². The Hall–Kier alpha value is -2.60. The van der Waals surface area contributed by atoms with Crippen molar-refractivity contribution in [1.29, 1.82) is 0 Å². The van der Waals surface area contributed by atoms with Gasteiger partial charge in [-0.1, -0.05) is 18.2 Å². The van der Waals surface area contributed by atoms with Crippen molar-refractivity contribution in [3.05, 3.63) is 70.1 Å². The molecular formula is C21H20FN3OS. The number of carbonyl (C=O) groups is 1. The lowest BCUT2D eigenvalue weighted by Crippen LogP contribution is -2.39. The van der Waals surface area contributed by atoms with E-state index in [1.165, 1.54) is 17.4 Å². The first-order valence-corrected chi connectivity index (χ1v) is 9.92. The summed E-state index contributed by atoms with van der Waals surface area (Å²) in [5, 5.41) is 0. The number of rotatable bonds is 3. The molecule has 3 heterocycles. The topological polar surface area (TPSA) is 46.1 Å². The molecule has 1 amide bonds. The third-order valence-electron chi connectivity index (χ3n) is 4.99. The molecule has 3 aromatic rings. The fraction of sp³-hybridized carbons (Fsp3) is 0.286. The maximum absolute atomic E-state index is 14.1. The molecule has 27 heavy (non-hydrogen) atoms. The summed E-state index contributed by atoms with van der Waals surface area (Å²) in [4.78, 5) is 24.3. The van der Waals surface area contributed by atoms with Gasteiger partial charge >= 0.3 is 0 Å². The van der Waals surface area contributed by atoms with Crippen LogP contribution in [0.3, 0.4) is 0 Å². The molecule has 0 aliphatic carbocycles. The van der Waals surface area contributed by atoms with E-state index in [1.807, 2.05) is 36.1 Å². The summed E-state index contributed by atoms with van der Waals surface area (Å²) in [6.45, 7) is 3.24. The van der Waals surface area contributed by atoms with Crippen molar-refractivity contribution < 1.29 is 9.18 Å². The van der Waals surface area contributed by atoms with Crippen LogP contribution in [0.2, 0.25) is 0 Å². The van der Waals surface area contributed by atoms with Crippen molar-refractivity contribution in [2.45, 2.75) is 25.7 Å². The number of nitrogens with zero attached hydrogens (tertiary/aromatic N) is 3. The van der Waals surface area contributed by atoms with Crippen LogP contribution >= 0.6 is 11.3 Å². The third kappa shape index (κ3) is 3.62. The Morgan fingerprint density at radius 3 is 2.85 bits per heavy atom. The number of amides is 1. The molecule has 1 aromatic carbocycles. The second-order valence-electron chi connectivity index (χ2n) is 6.78. The van der Waals surface area contributed by atoms with E-state index in [0.29, 0.717) is 22.7 Å². The monoisotopic (exact) mass is 381 g/mol. The minimum Gasteiger partial charge on any atom is -0.337 e. The maximum atomic E-state index is 14.1. The molecular weight excluding hydrogens is 361 g/mol. The van der Waals surface area contributed by atoms with E-state index >= 15 is 0 Å². The van der Waals surface area contributed by atoms with Crippen LogP contribution in [-0.2, 0) is 0 Å². The molecule has 0 unspecified atom stereocenters. The summed E-state index contributed by atoms with van der Waals surface area (Å²) in [6, 6.07) is 12.4. The average Bonchev–Trinajstić information content (AvgIpc) is 3.14. The highest BCUT2D eigenvalue weighted by Crippen LogP contribution is 2.29. The Morgan fingerprint density at radius 2 is 2.07 bits per heavy atom. The number of hydrogen-bond acceptors (Lipinski definition) is 4. The van der Waals surface area contributed by atoms with E-state index in [0.717, 1.165) is 30.8 Å². The number of halogens is 1. The van der Waals surface area contributed by atoms with E-state index in [2.05, 4.69) is 4.98 Å². The first-order valence-electron chi connectivity index (χ1n) is 9.04. The molecule has 0 spiro atoms. The van der Waals surface area contributed by atoms with E-state index < -0.39 is 0 Å². The zero-order valence-corrected chi connectivity index (χ0v) is 15.9. The zero-order valence-electron chi connectivity index (χ0n) is 15.1. The first kappa shape index (κ1) is 17.8. The standard InChI is InChI=1S/C21H20FN3OS/c1-14-20(27-13-23-14)21(26)25-11-5-6-15(12-25)18-9-4-10-19(24-18)16-7-2-3-8-17(16)22/h2-4,7-10,13,15H,5-6,11-12H2,1H3/t15-/m1/s1. The van der Waals surface area contributed by atoms with Gasteiger partial charge in [-0.15, -0.1) is 11.3 Å². The van der Waals surface area contributed by atoms with Gasteiger partial charge in [0.05, 0.1) is 16.9 Å². The lowest BCUT2D eigenvalue weighted by Gasteiger charge is -2.32. The van der Waals surface area contributed by atoms with Gasteiger partial charge in [0.15, 0.2) is 0 Å². The summed E-state index contributed by atoms with van der Waals surface area (Å²) < 4.78 is 14.1. The number of aryl methyl sites for hydroxylation is 1. The Kier molecular flexibility index (Phi) is 4.99. The van der Waals surface area contributed by atoms with Gasteiger partial charge in [0.25, 0.3) is 5.91 Å². The van der Waals surface area contributed by atoms with Crippen LogP contribution in [-0.4, -0.2) is 33.9 Å². The molecule has 6 heteroatoms. The van der Waals surface area contributed by atoms with E-state index in [9.17, 15) is 9.18 Å². The van der Waals surface area contributed by atoms with Crippen LogP contribution in [0.1, 0.15) is 39.8 Å². The minimum atomic E-state index is -0.275. The number of benzene rings is 1. The summed E-state index contributed by atoms with van der Waals surface area (Å²) >= 11 is 1.39.